The van der Waals surface area contributed by atoms with E-state index in [-0.39, 0.29) is 37.0 Å². The highest BCUT2D eigenvalue weighted by molar-refractivity contribution is 6.06. The van der Waals surface area contributed by atoms with E-state index in [2.05, 4.69) is 10.4 Å². The van der Waals surface area contributed by atoms with Gasteiger partial charge < -0.3 is 20.1 Å². The predicted octanol–water partition coefficient (Wildman–Crippen LogP) is 3.39. The summed E-state index contributed by atoms with van der Waals surface area (Å²) in [6.45, 7) is 12.2. The normalized spacial score (nSPS) is 15.9. The summed E-state index contributed by atoms with van der Waals surface area (Å²) < 4.78 is 7.07. The molecule has 3 rings (SSSR count). The van der Waals surface area contributed by atoms with Crippen LogP contribution in [0.15, 0.2) is 24.5 Å². The van der Waals surface area contributed by atoms with Crippen molar-refractivity contribution in [1.29, 1.82) is 0 Å². The van der Waals surface area contributed by atoms with E-state index in [1.54, 1.807) is 61.8 Å². The SMILES string of the molecule is CC(=O)Nc1cc2c(cc1-c1cnn(CC(C)(C)O)c1)N(C(=O)OC(C)C)C[C@H](C)N2C(C)=O. The van der Waals surface area contributed by atoms with Crippen LogP contribution in [0.3, 0.4) is 0 Å². The molecule has 1 aliphatic heterocycles. The summed E-state index contributed by atoms with van der Waals surface area (Å²) >= 11 is 0. The van der Waals surface area contributed by atoms with E-state index < -0.39 is 11.7 Å². The Hall–Kier alpha value is -3.40. The molecule has 0 saturated heterocycles. The van der Waals surface area contributed by atoms with Gasteiger partial charge in [0.2, 0.25) is 11.8 Å². The lowest BCUT2D eigenvalue weighted by Crippen LogP contribution is -2.51. The third-order valence-corrected chi connectivity index (χ3v) is 5.25. The van der Waals surface area contributed by atoms with E-state index in [1.807, 2.05) is 6.92 Å². The van der Waals surface area contributed by atoms with Gasteiger partial charge in [-0.15, -0.1) is 0 Å². The van der Waals surface area contributed by atoms with Crippen molar-refractivity contribution in [1.82, 2.24) is 9.78 Å². The third kappa shape index (κ3) is 5.56. The van der Waals surface area contributed by atoms with Crippen LogP contribution in [0.25, 0.3) is 11.1 Å². The smallest absolute Gasteiger partial charge is 0.414 e. The van der Waals surface area contributed by atoms with Gasteiger partial charge in [0.05, 0.1) is 47.6 Å². The van der Waals surface area contributed by atoms with Crippen LogP contribution in [0, 0.1) is 0 Å². The minimum atomic E-state index is -0.963. The lowest BCUT2D eigenvalue weighted by atomic mass is 10.00. The summed E-state index contributed by atoms with van der Waals surface area (Å²) in [5.41, 5.74) is 1.82. The summed E-state index contributed by atoms with van der Waals surface area (Å²) in [4.78, 5) is 40.6. The Kier molecular flexibility index (Phi) is 7.02. The Bertz CT molecular complexity index is 1100. The van der Waals surface area contributed by atoms with Crippen LogP contribution in [0.1, 0.15) is 48.5 Å². The number of amides is 3. The maximum absolute atomic E-state index is 13.0. The van der Waals surface area contributed by atoms with Crippen LogP contribution in [-0.4, -0.2) is 57.1 Å². The highest BCUT2D eigenvalue weighted by Crippen LogP contribution is 2.43. The van der Waals surface area contributed by atoms with Gasteiger partial charge in [-0.1, -0.05) is 0 Å². The molecule has 1 aromatic heterocycles. The van der Waals surface area contributed by atoms with Gasteiger partial charge in [0.25, 0.3) is 0 Å². The minimum absolute atomic E-state index is 0.176. The second kappa shape index (κ2) is 9.46. The molecule has 0 radical (unpaired) electrons. The first kappa shape index (κ1) is 25.2. The number of nitrogens with zero attached hydrogens (tertiary/aromatic N) is 4. The van der Waals surface area contributed by atoms with Crippen LogP contribution in [-0.2, 0) is 20.9 Å². The lowest BCUT2D eigenvalue weighted by Gasteiger charge is -2.41. The monoisotopic (exact) mass is 471 g/mol. The minimum Gasteiger partial charge on any atom is -0.446 e. The summed E-state index contributed by atoms with van der Waals surface area (Å²) in [5, 5.41) is 17.3. The van der Waals surface area contributed by atoms with Crippen molar-refractivity contribution < 1.29 is 24.2 Å². The van der Waals surface area contributed by atoms with Gasteiger partial charge in [0.15, 0.2) is 0 Å². The Morgan fingerprint density at radius 3 is 2.47 bits per heavy atom. The fourth-order valence-electron chi connectivity index (χ4n) is 4.10. The van der Waals surface area contributed by atoms with Gasteiger partial charge in [-0.25, -0.2) is 4.79 Å². The zero-order valence-electron chi connectivity index (χ0n) is 20.7. The number of hydrogen-bond donors (Lipinski definition) is 2. The maximum Gasteiger partial charge on any atom is 0.414 e. The molecule has 0 unspecified atom stereocenters. The Balaban J connectivity index is 2.20. The van der Waals surface area contributed by atoms with Crippen LogP contribution in [0.4, 0.5) is 21.9 Å². The highest BCUT2D eigenvalue weighted by atomic mass is 16.6. The van der Waals surface area contributed by atoms with Crippen molar-refractivity contribution in [3.63, 3.8) is 0 Å². The van der Waals surface area contributed by atoms with Crippen LogP contribution in [0.5, 0.6) is 0 Å². The molecule has 10 nitrogen and oxygen atoms in total. The number of ether oxygens (including phenoxy) is 1. The first-order valence-electron chi connectivity index (χ1n) is 11.3. The molecule has 0 aliphatic carbocycles. The van der Waals surface area contributed by atoms with Crippen molar-refractivity contribution >= 4 is 35.0 Å². The first-order chi connectivity index (χ1) is 15.8. The van der Waals surface area contributed by atoms with Crippen molar-refractivity contribution in [3.05, 3.63) is 24.5 Å². The molecule has 0 fully saturated rings. The van der Waals surface area contributed by atoms with E-state index in [0.717, 1.165) is 0 Å². The van der Waals surface area contributed by atoms with E-state index in [4.69, 9.17) is 4.74 Å². The van der Waals surface area contributed by atoms with Gasteiger partial charge >= 0.3 is 6.09 Å². The van der Waals surface area contributed by atoms with Crippen LogP contribution < -0.4 is 15.1 Å². The molecule has 1 atom stereocenters. The molecule has 2 aromatic rings. The van der Waals surface area contributed by atoms with Crippen molar-refractivity contribution in [2.24, 2.45) is 0 Å². The highest BCUT2D eigenvalue weighted by Gasteiger charge is 2.36. The number of aliphatic hydroxyl groups is 1. The van der Waals surface area contributed by atoms with Crippen molar-refractivity contribution in [2.75, 3.05) is 21.7 Å². The molecule has 1 aromatic carbocycles. The van der Waals surface area contributed by atoms with Crippen molar-refractivity contribution in [2.45, 2.75) is 72.8 Å². The molecular formula is C24H33N5O5. The van der Waals surface area contributed by atoms with E-state index in [9.17, 15) is 19.5 Å². The fourth-order valence-corrected chi connectivity index (χ4v) is 4.10. The largest absolute Gasteiger partial charge is 0.446 e. The van der Waals surface area contributed by atoms with E-state index >= 15 is 0 Å². The quantitative estimate of drug-likeness (QED) is 0.690. The number of carbonyl (C=O) groups excluding carboxylic acids is 3. The maximum atomic E-state index is 13.0. The van der Waals surface area contributed by atoms with Gasteiger partial charge in [0.1, 0.15) is 0 Å². The van der Waals surface area contributed by atoms with Crippen molar-refractivity contribution in [3.8, 4) is 11.1 Å². The van der Waals surface area contributed by atoms with E-state index in [0.29, 0.717) is 28.2 Å². The summed E-state index contributed by atoms with van der Waals surface area (Å²) in [7, 11) is 0. The molecule has 0 bridgehead atoms. The molecule has 184 valence electrons. The molecule has 0 saturated carbocycles. The second-order valence-electron chi connectivity index (χ2n) is 9.59. The molecule has 3 amide bonds. The zero-order valence-corrected chi connectivity index (χ0v) is 20.7. The number of carbonyl (C=O) groups is 3. The Labute approximate surface area is 199 Å². The Morgan fingerprint density at radius 2 is 1.91 bits per heavy atom. The zero-order chi connectivity index (χ0) is 25.4. The molecule has 34 heavy (non-hydrogen) atoms. The topological polar surface area (TPSA) is 117 Å². The second-order valence-corrected chi connectivity index (χ2v) is 9.59. The standard InChI is InChI=1S/C24H33N5O5/c1-14(2)34-23(32)28-11-15(3)29(17(5)31)22-9-20(26-16(4)30)19(8-21(22)28)18-10-25-27(12-18)13-24(6,7)33/h8-10,12,14-15,33H,11,13H2,1-7H3,(H,26,30)/t15-/m0/s1. The summed E-state index contributed by atoms with van der Waals surface area (Å²) in [6, 6.07) is 3.16. The first-order valence-corrected chi connectivity index (χ1v) is 11.3. The van der Waals surface area contributed by atoms with Crippen LogP contribution >= 0.6 is 0 Å². The van der Waals surface area contributed by atoms with Gasteiger partial charge in [-0.05, 0) is 46.8 Å². The molecule has 10 heteroatoms. The predicted molar refractivity (Wildman–Crippen MR) is 130 cm³/mol. The number of anilines is 3. The molecule has 2 N–H and O–H groups in total. The number of benzene rings is 1. The average Bonchev–Trinajstić information content (AvgIpc) is 3.11. The molecule has 2 heterocycles. The number of nitrogens with one attached hydrogen (secondary N) is 1. The molecule has 1 aliphatic rings. The lowest BCUT2D eigenvalue weighted by molar-refractivity contribution is -0.117. The number of aromatic nitrogens is 2. The Morgan fingerprint density at radius 1 is 1.24 bits per heavy atom. The van der Waals surface area contributed by atoms with Gasteiger partial charge in [-0.2, -0.15) is 5.10 Å². The van der Waals surface area contributed by atoms with Crippen LogP contribution in [0.2, 0.25) is 0 Å². The van der Waals surface area contributed by atoms with E-state index in [1.165, 1.54) is 18.7 Å². The van der Waals surface area contributed by atoms with Gasteiger partial charge in [0, 0.05) is 37.7 Å². The summed E-state index contributed by atoms with van der Waals surface area (Å²) in [6.07, 6.45) is 2.57. The molecule has 0 spiro atoms. The number of fused-ring (bicyclic) bond motifs is 1. The molecular weight excluding hydrogens is 438 g/mol. The fraction of sp³-hybridized carbons (Fsp3) is 0.500. The van der Waals surface area contributed by atoms with Gasteiger partial charge in [-0.3, -0.25) is 19.2 Å². The average molecular weight is 472 g/mol. The third-order valence-electron chi connectivity index (χ3n) is 5.25. The number of hydrogen-bond acceptors (Lipinski definition) is 6. The summed E-state index contributed by atoms with van der Waals surface area (Å²) in [5.74, 6) is -0.454. The number of rotatable bonds is 5.